The summed E-state index contributed by atoms with van der Waals surface area (Å²) in [6.45, 7) is 6.38. The number of aromatic nitrogens is 3. The van der Waals surface area contributed by atoms with Crippen LogP contribution in [0, 0.1) is 6.92 Å². The Bertz CT molecular complexity index is 1100. The van der Waals surface area contributed by atoms with Gasteiger partial charge in [0, 0.05) is 24.2 Å². The number of halogens is 1. The van der Waals surface area contributed by atoms with Crippen LogP contribution in [0.4, 0.5) is 5.69 Å². The molecule has 7 nitrogen and oxygen atoms in total. The second-order valence-corrected chi connectivity index (χ2v) is 7.95. The second-order valence-electron chi connectivity index (χ2n) is 6.60. The number of amides is 1. The van der Waals surface area contributed by atoms with Gasteiger partial charge < -0.3 is 14.8 Å². The highest BCUT2D eigenvalue weighted by molar-refractivity contribution is 7.99. The number of rotatable bonds is 9. The van der Waals surface area contributed by atoms with Crippen LogP contribution in [0.15, 0.2) is 54.2 Å². The Morgan fingerprint density at radius 3 is 2.68 bits per heavy atom. The van der Waals surface area contributed by atoms with Gasteiger partial charge in [-0.25, -0.2) is 0 Å². The van der Waals surface area contributed by atoms with E-state index in [1.54, 1.807) is 18.2 Å². The Morgan fingerprint density at radius 1 is 1.23 bits per heavy atom. The number of hydrogen-bond donors (Lipinski definition) is 1. The molecule has 0 spiro atoms. The van der Waals surface area contributed by atoms with Crippen molar-refractivity contribution in [2.24, 2.45) is 0 Å². The average Bonchev–Trinajstić information content (AvgIpc) is 3.16. The first-order chi connectivity index (χ1) is 15.0. The summed E-state index contributed by atoms with van der Waals surface area (Å²) in [5, 5.41) is 12.5. The van der Waals surface area contributed by atoms with E-state index in [1.165, 1.54) is 26.0 Å². The van der Waals surface area contributed by atoms with Crippen LogP contribution in [0.25, 0.3) is 11.4 Å². The first-order valence-electron chi connectivity index (χ1n) is 9.42. The molecule has 0 aliphatic heterocycles. The minimum atomic E-state index is -0.224. The smallest absolute Gasteiger partial charge is 0.234 e. The molecule has 0 aliphatic carbocycles. The molecule has 0 aliphatic rings. The van der Waals surface area contributed by atoms with Gasteiger partial charge in [-0.15, -0.1) is 16.8 Å². The lowest BCUT2D eigenvalue weighted by atomic mass is 10.1. The Kier molecular flexibility index (Phi) is 7.59. The summed E-state index contributed by atoms with van der Waals surface area (Å²) in [5.74, 6) is 1.53. The minimum Gasteiger partial charge on any atom is -0.495 e. The van der Waals surface area contributed by atoms with Crippen molar-refractivity contribution in [2.75, 3.05) is 25.3 Å². The fourth-order valence-corrected chi connectivity index (χ4v) is 3.94. The molecule has 3 aromatic rings. The molecule has 0 fully saturated rings. The van der Waals surface area contributed by atoms with Gasteiger partial charge in [-0.2, -0.15) is 0 Å². The molecular formula is C22H23ClN4O3S. The lowest BCUT2D eigenvalue weighted by molar-refractivity contribution is -0.113. The summed E-state index contributed by atoms with van der Waals surface area (Å²) < 4.78 is 12.5. The van der Waals surface area contributed by atoms with Gasteiger partial charge in [-0.3, -0.25) is 9.36 Å². The van der Waals surface area contributed by atoms with Gasteiger partial charge in [0.2, 0.25) is 5.91 Å². The van der Waals surface area contributed by atoms with Crippen LogP contribution >= 0.6 is 23.4 Å². The summed E-state index contributed by atoms with van der Waals surface area (Å²) in [4.78, 5) is 12.6. The van der Waals surface area contributed by atoms with Crippen molar-refractivity contribution in [2.45, 2.75) is 18.6 Å². The van der Waals surface area contributed by atoms with Crippen LogP contribution in [0.3, 0.4) is 0 Å². The summed E-state index contributed by atoms with van der Waals surface area (Å²) in [6.07, 6.45) is 1.78. The van der Waals surface area contributed by atoms with Crippen LogP contribution in [0.5, 0.6) is 11.5 Å². The normalized spacial score (nSPS) is 10.6. The van der Waals surface area contributed by atoms with Gasteiger partial charge in [0.25, 0.3) is 0 Å². The Balaban J connectivity index is 1.76. The first-order valence-corrected chi connectivity index (χ1v) is 10.8. The molecule has 0 radical (unpaired) electrons. The SMILES string of the molecule is C=CCn1c(SCC(=O)Nc2cc(OC)c(Cl)cc2OC)nnc1-c1cccc(C)c1. The number of allylic oxidation sites excluding steroid dienone is 1. The Hall–Kier alpha value is -2.97. The monoisotopic (exact) mass is 458 g/mol. The van der Waals surface area contributed by atoms with Crippen molar-refractivity contribution < 1.29 is 14.3 Å². The van der Waals surface area contributed by atoms with Crippen molar-refractivity contribution in [3.8, 4) is 22.9 Å². The van der Waals surface area contributed by atoms with Gasteiger partial charge in [0.1, 0.15) is 11.5 Å². The van der Waals surface area contributed by atoms with E-state index >= 15 is 0 Å². The van der Waals surface area contributed by atoms with Gasteiger partial charge in [-0.05, 0) is 13.0 Å². The molecule has 31 heavy (non-hydrogen) atoms. The van der Waals surface area contributed by atoms with Gasteiger partial charge in [0.05, 0.1) is 30.7 Å². The van der Waals surface area contributed by atoms with E-state index in [2.05, 4.69) is 22.1 Å². The van der Waals surface area contributed by atoms with E-state index in [0.717, 1.165) is 17.0 Å². The van der Waals surface area contributed by atoms with Crippen molar-refractivity contribution in [1.82, 2.24) is 14.8 Å². The molecule has 1 N–H and O–H groups in total. The number of thioether (sulfide) groups is 1. The zero-order valence-corrected chi connectivity index (χ0v) is 19.1. The van der Waals surface area contributed by atoms with Crippen LogP contribution in [-0.4, -0.2) is 40.6 Å². The summed E-state index contributed by atoms with van der Waals surface area (Å²) >= 11 is 7.41. The number of carbonyl (C=O) groups is 1. The average molecular weight is 459 g/mol. The number of ether oxygens (including phenoxy) is 2. The van der Waals surface area contributed by atoms with Crippen molar-refractivity contribution in [1.29, 1.82) is 0 Å². The molecule has 0 saturated heterocycles. The van der Waals surface area contributed by atoms with Crippen molar-refractivity contribution >= 4 is 35.0 Å². The molecule has 0 bridgehead atoms. The third-order valence-electron chi connectivity index (χ3n) is 4.39. The molecule has 162 valence electrons. The Labute approximate surface area is 190 Å². The van der Waals surface area contributed by atoms with Crippen molar-refractivity contribution in [3.05, 3.63) is 59.6 Å². The number of methoxy groups -OCH3 is 2. The fraction of sp³-hybridized carbons (Fsp3) is 0.227. The summed E-state index contributed by atoms with van der Waals surface area (Å²) in [7, 11) is 3.01. The third-order valence-corrected chi connectivity index (χ3v) is 5.65. The molecule has 3 rings (SSSR count). The highest BCUT2D eigenvalue weighted by Gasteiger charge is 2.17. The third kappa shape index (κ3) is 5.39. The fourth-order valence-electron chi connectivity index (χ4n) is 2.96. The highest BCUT2D eigenvalue weighted by atomic mass is 35.5. The quantitative estimate of drug-likeness (QED) is 0.365. The van der Waals surface area contributed by atoms with E-state index in [4.69, 9.17) is 21.1 Å². The van der Waals surface area contributed by atoms with Gasteiger partial charge in [0.15, 0.2) is 11.0 Å². The summed E-state index contributed by atoms with van der Waals surface area (Å²) in [6, 6.07) is 11.3. The number of benzene rings is 2. The van der Waals surface area contributed by atoms with E-state index < -0.39 is 0 Å². The van der Waals surface area contributed by atoms with E-state index in [1.807, 2.05) is 35.8 Å². The number of carbonyl (C=O) groups excluding carboxylic acids is 1. The molecule has 1 heterocycles. The molecule has 0 unspecified atom stereocenters. The summed E-state index contributed by atoms with van der Waals surface area (Å²) in [5.41, 5.74) is 2.57. The van der Waals surface area contributed by atoms with Crippen LogP contribution in [0.2, 0.25) is 5.02 Å². The first kappa shape index (κ1) is 22.7. The zero-order valence-electron chi connectivity index (χ0n) is 17.5. The maximum atomic E-state index is 12.6. The highest BCUT2D eigenvalue weighted by Crippen LogP contribution is 2.36. The van der Waals surface area contributed by atoms with Crippen LogP contribution in [0.1, 0.15) is 5.56 Å². The molecule has 1 amide bonds. The number of nitrogens with zero attached hydrogens (tertiary/aromatic N) is 3. The molecule has 0 atom stereocenters. The lowest BCUT2D eigenvalue weighted by Gasteiger charge is -2.13. The molecular weight excluding hydrogens is 436 g/mol. The maximum absolute atomic E-state index is 12.6. The number of aryl methyl sites for hydroxylation is 1. The standard InChI is InChI=1S/C22H23ClN4O3S/c1-5-9-27-21(15-8-6-7-14(2)10-15)25-26-22(27)31-13-20(28)24-17-12-18(29-3)16(23)11-19(17)30-4/h5-8,10-12H,1,9,13H2,2-4H3,(H,24,28). The molecule has 1 aromatic heterocycles. The lowest BCUT2D eigenvalue weighted by Crippen LogP contribution is -2.15. The Morgan fingerprint density at radius 2 is 2.00 bits per heavy atom. The largest absolute Gasteiger partial charge is 0.495 e. The molecule has 9 heteroatoms. The molecule has 0 saturated carbocycles. The predicted molar refractivity (Wildman–Crippen MR) is 124 cm³/mol. The maximum Gasteiger partial charge on any atom is 0.234 e. The van der Waals surface area contributed by atoms with E-state index in [-0.39, 0.29) is 11.7 Å². The van der Waals surface area contributed by atoms with Crippen LogP contribution < -0.4 is 14.8 Å². The van der Waals surface area contributed by atoms with Gasteiger partial charge in [-0.1, -0.05) is 53.2 Å². The van der Waals surface area contributed by atoms with Crippen LogP contribution in [-0.2, 0) is 11.3 Å². The topological polar surface area (TPSA) is 78.3 Å². The second kappa shape index (κ2) is 10.4. The number of anilines is 1. The van der Waals surface area contributed by atoms with E-state index in [0.29, 0.717) is 33.9 Å². The number of nitrogens with one attached hydrogen (secondary N) is 1. The number of hydrogen-bond acceptors (Lipinski definition) is 6. The van der Waals surface area contributed by atoms with E-state index in [9.17, 15) is 4.79 Å². The van der Waals surface area contributed by atoms with Gasteiger partial charge >= 0.3 is 0 Å². The van der Waals surface area contributed by atoms with Crippen molar-refractivity contribution in [3.63, 3.8) is 0 Å². The predicted octanol–water partition coefficient (Wildman–Crippen LogP) is 4.84. The zero-order chi connectivity index (χ0) is 22.4. The molecule has 2 aromatic carbocycles. The minimum absolute atomic E-state index is 0.136.